The number of ketones is 1. The van der Waals surface area contributed by atoms with Gasteiger partial charge in [-0.3, -0.25) is 4.79 Å². The molecular formula is C26H25N5O3. The molecule has 2 aliphatic rings. The Hall–Kier alpha value is -3.91. The number of allylic oxidation sites excluding steroid dienone is 1. The zero-order chi connectivity index (χ0) is 23.4. The Morgan fingerprint density at radius 1 is 1.26 bits per heavy atom. The molecule has 0 unspecified atom stereocenters. The number of nitrogen functional groups attached to an aromatic ring is 1. The Balaban J connectivity index is 1.21. The van der Waals surface area contributed by atoms with Crippen LogP contribution in [0.4, 0.5) is 5.82 Å². The molecular weight excluding hydrogens is 430 g/mol. The van der Waals surface area contributed by atoms with E-state index in [0.29, 0.717) is 30.0 Å². The van der Waals surface area contributed by atoms with Crippen molar-refractivity contribution in [3.8, 4) is 11.4 Å². The van der Waals surface area contributed by atoms with Crippen LogP contribution in [-0.4, -0.2) is 45.4 Å². The summed E-state index contributed by atoms with van der Waals surface area (Å²) in [4.78, 5) is 21.0. The van der Waals surface area contributed by atoms with Crippen LogP contribution >= 0.6 is 0 Å². The summed E-state index contributed by atoms with van der Waals surface area (Å²) >= 11 is 0. The van der Waals surface area contributed by atoms with E-state index in [4.69, 9.17) is 15.2 Å². The Bertz CT molecular complexity index is 1480. The number of anilines is 1. The lowest BCUT2D eigenvalue weighted by atomic mass is 9.90. The lowest BCUT2D eigenvalue weighted by Crippen LogP contribution is -2.44. The van der Waals surface area contributed by atoms with Gasteiger partial charge in [0, 0.05) is 17.4 Å². The molecule has 6 rings (SSSR count). The van der Waals surface area contributed by atoms with Crippen LogP contribution in [0.2, 0.25) is 0 Å². The summed E-state index contributed by atoms with van der Waals surface area (Å²) in [5.74, 6) is 1.85. The van der Waals surface area contributed by atoms with E-state index in [9.17, 15) is 4.79 Å². The third-order valence-corrected chi connectivity index (χ3v) is 6.48. The van der Waals surface area contributed by atoms with Crippen molar-refractivity contribution in [3.05, 3.63) is 70.7 Å². The predicted molar refractivity (Wildman–Crippen MR) is 129 cm³/mol. The smallest absolute Gasteiger partial charge is 0.194 e. The molecule has 3 N–H and O–H groups in total. The van der Waals surface area contributed by atoms with Gasteiger partial charge in [0.25, 0.3) is 0 Å². The number of nitrogens with two attached hydrogens (primary N) is 1. The number of aromatic nitrogens is 4. The van der Waals surface area contributed by atoms with Gasteiger partial charge in [-0.1, -0.05) is 13.0 Å². The Morgan fingerprint density at radius 2 is 2.12 bits per heavy atom. The number of ether oxygens (including phenoxy) is 2. The molecule has 0 bridgehead atoms. The van der Waals surface area contributed by atoms with Crippen LogP contribution in [0, 0.1) is 12.3 Å². The molecule has 172 valence electrons. The maximum absolute atomic E-state index is 13.3. The fourth-order valence-electron chi connectivity index (χ4n) is 4.52. The number of hydrogen-bond donors (Lipinski definition) is 2. The van der Waals surface area contributed by atoms with Crippen LogP contribution in [0.25, 0.3) is 22.8 Å². The number of Topliss-reactive ketones (excluding diaryl/α,β-unsaturated/α-hetero) is 1. The summed E-state index contributed by atoms with van der Waals surface area (Å²) in [6.07, 6.45) is 4.01. The zero-order valence-electron chi connectivity index (χ0n) is 19.1. The van der Waals surface area contributed by atoms with Gasteiger partial charge in [-0.25, -0.2) is 9.67 Å². The van der Waals surface area contributed by atoms with Crippen molar-refractivity contribution in [2.75, 3.05) is 25.6 Å². The number of aryl methyl sites for hydroxylation is 1. The fraction of sp³-hybridized carbons (Fsp3) is 0.269. The Labute approximate surface area is 196 Å². The van der Waals surface area contributed by atoms with Crippen LogP contribution in [0.5, 0.6) is 5.75 Å². The van der Waals surface area contributed by atoms with Crippen molar-refractivity contribution in [1.29, 1.82) is 0 Å². The highest BCUT2D eigenvalue weighted by Gasteiger charge is 2.34. The largest absolute Gasteiger partial charge is 0.493 e. The Kier molecular flexibility index (Phi) is 4.60. The Morgan fingerprint density at radius 3 is 2.91 bits per heavy atom. The van der Waals surface area contributed by atoms with E-state index in [-0.39, 0.29) is 11.2 Å². The van der Waals surface area contributed by atoms with E-state index in [2.05, 4.69) is 22.0 Å². The molecule has 4 aromatic rings. The first-order valence-corrected chi connectivity index (χ1v) is 11.3. The number of nitrogens with one attached hydrogen (secondary N) is 1. The van der Waals surface area contributed by atoms with Gasteiger partial charge in [-0.05, 0) is 54.5 Å². The SMILES string of the molecule is Cc1nc2ccc(-n3ncc(C(=O)C4=Cc5ccc(OCC6(C)COC6)cc5C4)c3N)cc2[nH]1. The number of benzene rings is 2. The molecule has 3 heterocycles. The van der Waals surface area contributed by atoms with Gasteiger partial charge in [0.1, 0.15) is 17.4 Å². The van der Waals surface area contributed by atoms with E-state index in [1.807, 2.05) is 49.4 Å². The lowest BCUT2D eigenvalue weighted by Gasteiger charge is -2.37. The second-order valence-corrected chi connectivity index (χ2v) is 9.51. The van der Waals surface area contributed by atoms with Gasteiger partial charge in [0.15, 0.2) is 5.78 Å². The summed E-state index contributed by atoms with van der Waals surface area (Å²) < 4.78 is 12.9. The second kappa shape index (κ2) is 7.56. The number of nitrogens with zero attached hydrogens (tertiary/aromatic N) is 3. The number of carbonyl (C=O) groups excluding carboxylic acids is 1. The minimum absolute atomic E-state index is 0.0802. The van der Waals surface area contributed by atoms with Gasteiger partial charge in [-0.2, -0.15) is 5.10 Å². The summed E-state index contributed by atoms with van der Waals surface area (Å²) in [7, 11) is 0. The third-order valence-electron chi connectivity index (χ3n) is 6.48. The first kappa shape index (κ1) is 20.7. The number of fused-ring (bicyclic) bond motifs is 2. The molecule has 0 atom stereocenters. The highest BCUT2D eigenvalue weighted by atomic mass is 16.5. The topological polar surface area (TPSA) is 108 Å². The molecule has 2 aromatic carbocycles. The highest BCUT2D eigenvalue weighted by Crippen LogP contribution is 2.33. The molecule has 0 saturated carbocycles. The van der Waals surface area contributed by atoms with Crippen molar-refractivity contribution < 1.29 is 14.3 Å². The third kappa shape index (κ3) is 3.47. The van der Waals surface area contributed by atoms with Gasteiger partial charge in [0.2, 0.25) is 0 Å². The molecule has 0 spiro atoms. The minimum Gasteiger partial charge on any atom is -0.493 e. The quantitative estimate of drug-likeness (QED) is 0.427. The predicted octanol–water partition coefficient (Wildman–Crippen LogP) is 3.88. The number of imidazole rings is 1. The summed E-state index contributed by atoms with van der Waals surface area (Å²) in [5.41, 5.74) is 12.2. The number of rotatable bonds is 6. The number of carbonyl (C=O) groups is 1. The monoisotopic (exact) mass is 455 g/mol. The van der Waals surface area contributed by atoms with Crippen LogP contribution in [0.1, 0.15) is 34.2 Å². The van der Waals surface area contributed by atoms with Crippen molar-refractivity contribution in [2.45, 2.75) is 20.3 Å². The molecule has 34 heavy (non-hydrogen) atoms. The lowest BCUT2D eigenvalue weighted by molar-refractivity contribution is -0.120. The summed E-state index contributed by atoms with van der Waals surface area (Å²) in [6, 6.07) is 11.7. The van der Waals surface area contributed by atoms with Crippen LogP contribution in [-0.2, 0) is 11.2 Å². The maximum atomic E-state index is 13.3. The molecule has 8 heteroatoms. The molecule has 1 fully saturated rings. The summed E-state index contributed by atoms with van der Waals surface area (Å²) in [5, 5.41) is 4.40. The van der Waals surface area contributed by atoms with Crippen LogP contribution in [0.15, 0.2) is 48.2 Å². The van der Waals surface area contributed by atoms with Gasteiger partial charge in [-0.15, -0.1) is 0 Å². The first-order valence-electron chi connectivity index (χ1n) is 11.3. The average Bonchev–Trinajstić information content (AvgIpc) is 3.50. The molecule has 8 nitrogen and oxygen atoms in total. The first-order chi connectivity index (χ1) is 16.4. The standard InChI is InChI=1S/C26H25N5O3/c1-15-29-22-6-4-19(10-23(22)30-15)31-25(27)21(11-28-31)24(32)18-7-16-3-5-20(9-17(16)8-18)34-14-26(2)12-33-13-26/h3-7,9-11H,8,12-14,27H2,1-2H3,(H,29,30). The van der Waals surface area contributed by atoms with E-state index in [1.54, 1.807) is 10.9 Å². The highest BCUT2D eigenvalue weighted by molar-refractivity contribution is 6.15. The average molecular weight is 456 g/mol. The second-order valence-electron chi connectivity index (χ2n) is 9.51. The zero-order valence-corrected chi connectivity index (χ0v) is 19.1. The van der Waals surface area contributed by atoms with Crippen molar-refractivity contribution in [3.63, 3.8) is 0 Å². The van der Waals surface area contributed by atoms with Crippen molar-refractivity contribution in [2.24, 2.45) is 5.41 Å². The number of aromatic amines is 1. The van der Waals surface area contributed by atoms with E-state index in [0.717, 1.165) is 52.6 Å². The van der Waals surface area contributed by atoms with E-state index < -0.39 is 0 Å². The maximum Gasteiger partial charge on any atom is 0.194 e. The number of H-pyrrole nitrogens is 1. The molecule has 1 aliphatic heterocycles. The van der Waals surface area contributed by atoms with Crippen LogP contribution < -0.4 is 10.5 Å². The van der Waals surface area contributed by atoms with E-state index in [1.165, 1.54) is 0 Å². The normalized spacial score (nSPS) is 16.2. The minimum atomic E-state index is -0.111. The molecule has 1 saturated heterocycles. The van der Waals surface area contributed by atoms with E-state index >= 15 is 0 Å². The summed E-state index contributed by atoms with van der Waals surface area (Å²) in [6.45, 7) is 6.13. The molecule has 0 radical (unpaired) electrons. The fourth-order valence-corrected chi connectivity index (χ4v) is 4.52. The molecule has 1 aliphatic carbocycles. The van der Waals surface area contributed by atoms with Gasteiger partial charge >= 0.3 is 0 Å². The molecule has 0 amide bonds. The van der Waals surface area contributed by atoms with Gasteiger partial charge in [0.05, 0.1) is 48.3 Å². The molecule has 2 aromatic heterocycles. The van der Waals surface area contributed by atoms with Crippen molar-refractivity contribution >= 4 is 28.7 Å². The van der Waals surface area contributed by atoms with Gasteiger partial charge < -0.3 is 20.2 Å². The van der Waals surface area contributed by atoms with Crippen molar-refractivity contribution in [1.82, 2.24) is 19.7 Å². The number of hydrogen-bond acceptors (Lipinski definition) is 6. The van der Waals surface area contributed by atoms with Crippen LogP contribution in [0.3, 0.4) is 0 Å².